The molecule has 0 saturated carbocycles. The molecule has 0 bridgehead atoms. The van der Waals surface area contributed by atoms with Crippen LogP contribution < -0.4 is 5.73 Å². The Bertz CT molecular complexity index is 369. The molecule has 1 rings (SSSR count). The highest BCUT2D eigenvalue weighted by Crippen LogP contribution is 2.24. The SMILES string of the molecule is CCCCN(CC)C(CN)c1cccc(F)c1F. The maximum atomic E-state index is 13.8. The Morgan fingerprint density at radius 2 is 2.00 bits per heavy atom. The summed E-state index contributed by atoms with van der Waals surface area (Å²) in [6.45, 7) is 6.03. The van der Waals surface area contributed by atoms with Crippen molar-refractivity contribution in [3.8, 4) is 0 Å². The number of benzene rings is 1. The van der Waals surface area contributed by atoms with E-state index in [1.54, 1.807) is 6.07 Å². The van der Waals surface area contributed by atoms with Crippen LogP contribution in [0.3, 0.4) is 0 Å². The summed E-state index contributed by atoms with van der Waals surface area (Å²) in [5, 5.41) is 0. The number of nitrogens with two attached hydrogens (primary N) is 1. The van der Waals surface area contributed by atoms with Gasteiger partial charge in [-0.15, -0.1) is 0 Å². The molecule has 2 nitrogen and oxygen atoms in total. The van der Waals surface area contributed by atoms with Crippen molar-refractivity contribution in [1.82, 2.24) is 4.90 Å². The number of halogens is 2. The molecule has 0 aliphatic carbocycles. The molecule has 0 aliphatic heterocycles. The second-order valence-corrected chi connectivity index (χ2v) is 4.38. The lowest BCUT2D eigenvalue weighted by Gasteiger charge is -2.30. The Balaban J connectivity index is 2.96. The van der Waals surface area contributed by atoms with E-state index in [1.807, 2.05) is 6.92 Å². The second kappa shape index (κ2) is 7.44. The van der Waals surface area contributed by atoms with Crippen molar-refractivity contribution in [2.45, 2.75) is 32.7 Å². The van der Waals surface area contributed by atoms with Crippen LogP contribution in [0.4, 0.5) is 8.78 Å². The summed E-state index contributed by atoms with van der Waals surface area (Å²) >= 11 is 0. The van der Waals surface area contributed by atoms with Crippen LogP contribution in [0.5, 0.6) is 0 Å². The molecule has 1 atom stereocenters. The summed E-state index contributed by atoms with van der Waals surface area (Å²) in [5.74, 6) is -1.58. The summed E-state index contributed by atoms with van der Waals surface area (Å²) in [6, 6.07) is 4.03. The van der Waals surface area contributed by atoms with E-state index in [0.29, 0.717) is 5.56 Å². The van der Waals surface area contributed by atoms with Gasteiger partial charge in [0.2, 0.25) is 0 Å². The monoisotopic (exact) mass is 256 g/mol. The Morgan fingerprint density at radius 3 is 2.56 bits per heavy atom. The topological polar surface area (TPSA) is 29.3 Å². The lowest BCUT2D eigenvalue weighted by molar-refractivity contribution is 0.204. The zero-order valence-corrected chi connectivity index (χ0v) is 11.1. The van der Waals surface area contributed by atoms with E-state index in [9.17, 15) is 8.78 Å². The minimum Gasteiger partial charge on any atom is -0.329 e. The van der Waals surface area contributed by atoms with Crippen LogP contribution in [0.2, 0.25) is 0 Å². The van der Waals surface area contributed by atoms with Gasteiger partial charge in [0.25, 0.3) is 0 Å². The standard InChI is InChI=1S/C14H22F2N2/c1-3-5-9-18(4-2)13(10-17)11-7-6-8-12(15)14(11)16/h6-8,13H,3-5,9-10,17H2,1-2H3. The summed E-state index contributed by atoms with van der Waals surface area (Å²) < 4.78 is 27.1. The molecule has 0 radical (unpaired) electrons. The molecule has 0 fully saturated rings. The van der Waals surface area contributed by atoms with Gasteiger partial charge in [-0.2, -0.15) is 0 Å². The average Bonchev–Trinajstić information content (AvgIpc) is 2.38. The minimum atomic E-state index is -0.808. The molecule has 0 spiro atoms. The van der Waals surface area contributed by atoms with Gasteiger partial charge in [-0.05, 0) is 25.6 Å². The second-order valence-electron chi connectivity index (χ2n) is 4.38. The first-order chi connectivity index (χ1) is 8.65. The van der Waals surface area contributed by atoms with Crippen LogP contribution in [0.25, 0.3) is 0 Å². The van der Waals surface area contributed by atoms with E-state index in [2.05, 4.69) is 11.8 Å². The average molecular weight is 256 g/mol. The normalized spacial score (nSPS) is 13.0. The van der Waals surface area contributed by atoms with E-state index in [4.69, 9.17) is 5.73 Å². The lowest BCUT2D eigenvalue weighted by atomic mass is 10.0. The van der Waals surface area contributed by atoms with Crippen LogP contribution in [-0.2, 0) is 0 Å². The van der Waals surface area contributed by atoms with Crippen LogP contribution >= 0.6 is 0 Å². The first-order valence-corrected chi connectivity index (χ1v) is 6.53. The van der Waals surface area contributed by atoms with Gasteiger partial charge >= 0.3 is 0 Å². The third-order valence-electron chi connectivity index (χ3n) is 3.21. The summed E-state index contributed by atoms with van der Waals surface area (Å²) in [7, 11) is 0. The number of rotatable bonds is 7. The zero-order chi connectivity index (χ0) is 13.5. The van der Waals surface area contributed by atoms with Crippen LogP contribution in [-0.4, -0.2) is 24.5 Å². The fraction of sp³-hybridized carbons (Fsp3) is 0.571. The maximum absolute atomic E-state index is 13.8. The molecule has 102 valence electrons. The predicted molar refractivity (Wildman–Crippen MR) is 70.3 cm³/mol. The van der Waals surface area contributed by atoms with Gasteiger partial charge < -0.3 is 5.73 Å². The van der Waals surface area contributed by atoms with E-state index in [-0.39, 0.29) is 12.6 Å². The molecule has 0 amide bonds. The van der Waals surface area contributed by atoms with Crippen molar-refractivity contribution < 1.29 is 8.78 Å². The number of unbranched alkanes of at least 4 members (excludes halogenated alkanes) is 1. The van der Waals surface area contributed by atoms with E-state index >= 15 is 0 Å². The van der Waals surface area contributed by atoms with E-state index in [0.717, 1.165) is 32.0 Å². The number of hydrogen-bond acceptors (Lipinski definition) is 2. The van der Waals surface area contributed by atoms with Gasteiger partial charge in [0.15, 0.2) is 11.6 Å². The highest BCUT2D eigenvalue weighted by Gasteiger charge is 2.21. The summed E-state index contributed by atoms with van der Waals surface area (Å²) in [6.07, 6.45) is 2.10. The Morgan fingerprint density at radius 1 is 1.28 bits per heavy atom. The van der Waals surface area contributed by atoms with Gasteiger partial charge in [0.05, 0.1) is 0 Å². The molecule has 1 aromatic carbocycles. The third-order valence-corrected chi connectivity index (χ3v) is 3.21. The van der Waals surface area contributed by atoms with E-state index < -0.39 is 11.6 Å². The number of likely N-dealkylation sites (N-methyl/N-ethyl adjacent to an activating group) is 1. The molecule has 1 unspecified atom stereocenters. The molecule has 4 heteroatoms. The van der Waals surface area contributed by atoms with Gasteiger partial charge in [-0.25, -0.2) is 8.78 Å². The van der Waals surface area contributed by atoms with Crippen molar-refractivity contribution >= 4 is 0 Å². The molecule has 0 aromatic heterocycles. The van der Waals surface area contributed by atoms with Gasteiger partial charge in [-0.1, -0.05) is 32.4 Å². The van der Waals surface area contributed by atoms with Crippen molar-refractivity contribution in [3.05, 3.63) is 35.4 Å². The molecule has 0 saturated heterocycles. The predicted octanol–water partition coefficient (Wildman–Crippen LogP) is 3.09. The van der Waals surface area contributed by atoms with Crippen LogP contribution in [0.1, 0.15) is 38.3 Å². The van der Waals surface area contributed by atoms with Gasteiger partial charge in [0.1, 0.15) is 0 Å². The number of hydrogen-bond donors (Lipinski definition) is 1. The third kappa shape index (κ3) is 3.50. The molecule has 2 N–H and O–H groups in total. The molecule has 0 aliphatic rings. The van der Waals surface area contributed by atoms with E-state index in [1.165, 1.54) is 6.07 Å². The fourth-order valence-electron chi connectivity index (χ4n) is 2.15. The first-order valence-electron chi connectivity index (χ1n) is 6.53. The lowest BCUT2D eigenvalue weighted by Crippen LogP contribution is -2.35. The van der Waals surface area contributed by atoms with Gasteiger partial charge in [-0.3, -0.25) is 4.90 Å². The minimum absolute atomic E-state index is 0.253. The summed E-state index contributed by atoms with van der Waals surface area (Å²) in [4.78, 5) is 2.10. The Hall–Kier alpha value is -1.00. The number of nitrogens with zero attached hydrogens (tertiary/aromatic N) is 1. The quantitative estimate of drug-likeness (QED) is 0.812. The maximum Gasteiger partial charge on any atom is 0.163 e. The highest BCUT2D eigenvalue weighted by molar-refractivity contribution is 5.23. The van der Waals surface area contributed by atoms with Crippen molar-refractivity contribution in [3.63, 3.8) is 0 Å². The van der Waals surface area contributed by atoms with Crippen molar-refractivity contribution in [2.75, 3.05) is 19.6 Å². The molecular weight excluding hydrogens is 234 g/mol. The Kier molecular flexibility index (Phi) is 6.22. The molecule has 1 aromatic rings. The molecule has 0 heterocycles. The first kappa shape index (κ1) is 15.1. The summed E-state index contributed by atoms with van der Waals surface area (Å²) in [5.41, 5.74) is 6.10. The van der Waals surface area contributed by atoms with Crippen molar-refractivity contribution in [2.24, 2.45) is 5.73 Å². The van der Waals surface area contributed by atoms with Gasteiger partial charge in [0, 0.05) is 18.2 Å². The fourth-order valence-corrected chi connectivity index (χ4v) is 2.15. The largest absolute Gasteiger partial charge is 0.329 e. The van der Waals surface area contributed by atoms with Crippen LogP contribution in [0.15, 0.2) is 18.2 Å². The molecular formula is C14H22F2N2. The van der Waals surface area contributed by atoms with Crippen molar-refractivity contribution in [1.29, 1.82) is 0 Å². The smallest absolute Gasteiger partial charge is 0.163 e. The highest BCUT2D eigenvalue weighted by atomic mass is 19.2. The Labute approximate surface area is 108 Å². The molecule has 18 heavy (non-hydrogen) atoms. The van der Waals surface area contributed by atoms with Crippen LogP contribution in [0, 0.1) is 11.6 Å². The zero-order valence-electron chi connectivity index (χ0n) is 11.1.